The minimum absolute atomic E-state index is 0.0429. The third-order valence-corrected chi connectivity index (χ3v) is 6.44. The number of rotatable bonds is 9. The number of carbonyl (C=O) groups excluding carboxylic acids is 1. The second-order valence-corrected chi connectivity index (χ2v) is 11.3. The number of hydrogen-bond donors (Lipinski definition) is 4. The molecule has 0 radical (unpaired) electrons. The second-order valence-electron chi connectivity index (χ2n) is 11.3. The van der Waals surface area contributed by atoms with Crippen LogP contribution in [-0.2, 0) is 4.79 Å². The topological polar surface area (TPSA) is 121 Å². The van der Waals surface area contributed by atoms with Crippen molar-refractivity contribution >= 4 is 33.8 Å². The third-order valence-electron chi connectivity index (χ3n) is 6.44. The Morgan fingerprint density at radius 1 is 1.25 bits per heavy atom. The molecule has 3 heterocycles. The van der Waals surface area contributed by atoms with Crippen molar-refractivity contribution in [3.63, 3.8) is 0 Å². The van der Waals surface area contributed by atoms with Gasteiger partial charge in [0.2, 0.25) is 5.91 Å². The predicted octanol–water partition coefficient (Wildman–Crippen LogP) is 7.48. The molecule has 0 aliphatic heterocycles. The average Bonchev–Trinajstić information content (AvgIpc) is 3.57. The summed E-state index contributed by atoms with van der Waals surface area (Å²) in [5, 5.41) is 13.0. The Morgan fingerprint density at radius 3 is 2.70 bits per heavy atom. The summed E-state index contributed by atoms with van der Waals surface area (Å²) in [6, 6.07) is 13.4. The maximum absolute atomic E-state index is 12.5. The van der Waals surface area contributed by atoms with Crippen LogP contribution in [0.15, 0.2) is 89.9 Å². The molecule has 0 saturated carbocycles. The summed E-state index contributed by atoms with van der Waals surface area (Å²) in [7, 11) is 0. The first-order valence-electron chi connectivity index (χ1n) is 13.3. The van der Waals surface area contributed by atoms with Gasteiger partial charge in [-0.1, -0.05) is 52.0 Å². The van der Waals surface area contributed by atoms with Crippen molar-refractivity contribution in [3.05, 3.63) is 103 Å². The molecule has 7 nitrogen and oxygen atoms in total. The van der Waals surface area contributed by atoms with Crippen LogP contribution in [0.25, 0.3) is 27.6 Å². The highest BCUT2D eigenvalue weighted by Gasteiger charge is 2.18. The molecule has 0 aliphatic carbocycles. The molecule has 206 valence electrons. The monoisotopic (exact) mass is 535 g/mol. The van der Waals surface area contributed by atoms with Crippen molar-refractivity contribution < 1.29 is 9.21 Å². The number of furan rings is 1. The first-order valence-corrected chi connectivity index (χ1v) is 13.3. The number of amides is 1. The van der Waals surface area contributed by atoms with Crippen molar-refractivity contribution in [2.24, 2.45) is 11.3 Å². The van der Waals surface area contributed by atoms with Crippen LogP contribution in [0.2, 0.25) is 0 Å². The summed E-state index contributed by atoms with van der Waals surface area (Å²) >= 11 is 0. The smallest absolute Gasteiger partial charge is 0.224 e. The van der Waals surface area contributed by atoms with Gasteiger partial charge in [0.15, 0.2) is 0 Å². The predicted molar refractivity (Wildman–Crippen MR) is 164 cm³/mol. The zero-order valence-corrected chi connectivity index (χ0v) is 23.8. The fraction of sp³-hybridized carbons (Fsp3) is 0.242. The van der Waals surface area contributed by atoms with Gasteiger partial charge in [-0.15, -0.1) is 6.58 Å². The van der Waals surface area contributed by atoms with Crippen molar-refractivity contribution in [2.45, 2.75) is 41.0 Å². The largest absolute Gasteiger partial charge is 0.472 e. The third kappa shape index (κ3) is 6.67. The lowest BCUT2D eigenvalue weighted by atomic mass is 9.92. The average molecular weight is 536 g/mol. The summed E-state index contributed by atoms with van der Waals surface area (Å²) in [6.07, 6.45) is 9.52. The first kappa shape index (κ1) is 28.4. The number of aromatic nitrogens is 2. The molecule has 4 rings (SSSR count). The molecule has 0 bridgehead atoms. The highest BCUT2D eigenvalue weighted by molar-refractivity contribution is 6.14. The Morgan fingerprint density at radius 2 is 2.02 bits per heavy atom. The van der Waals surface area contributed by atoms with Gasteiger partial charge in [0.25, 0.3) is 0 Å². The number of fused-ring (bicyclic) bond motifs is 1. The fourth-order valence-electron chi connectivity index (χ4n) is 4.49. The van der Waals surface area contributed by atoms with E-state index in [4.69, 9.17) is 20.5 Å². The SMILES string of the molecule is C=C[C@H](C)/C=C(\C=C(/C)NC(=O)CC(C)(C)C)c1ccc(N)c(C(=N)c2cc3c(-c4ccoc4)cccc3[nH]2)n1. The Balaban J connectivity index is 1.70. The molecule has 1 amide bonds. The number of nitrogens with one attached hydrogen (secondary N) is 3. The lowest BCUT2D eigenvalue weighted by Gasteiger charge is -2.17. The maximum Gasteiger partial charge on any atom is 0.224 e. The molecule has 5 N–H and O–H groups in total. The van der Waals surface area contributed by atoms with Crippen molar-refractivity contribution in [2.75, 3.05) is 5.73 Å². The molecule has 3 aromatic heterocycles. The quantitative estimate of drug-likeness (QED) is 0.101. The molecule has 7 heteroatoms. The number of nitrogen functional groups attached to an aromatic ring is 1. The minimum atomic E-state index is -0.115. The highest BCUT2D eigenvalue weighted by Crippen LogP contribution is 2.31. The first-order chi connectivity index (χ1) is 18.9. The van der Waals surface area contributed by atoms with E-state index < -0.39 is 0 Å². The molecule has 0 fully saturated rings. The van der Waals surface area contributed by atoms with Crippen LogP contribution in [-0.4, -0.2) is 21.6 Å². The van der Waals surface area contributed by atoms with E-state index >= 15 is 0 Å². The number of carbonyl (C=O) groups is 1. The van der Waals surface area contributed by atoms with Gasteiger partial charge in [0, 0.05) is 28.6 Å². The Labute approximate surface area is 235 Å². The van der Waals surface area contributed by atoms with E-state index in [0.29, 0.717) is 34.9 Å². The van der Waals surface area contributed by atoms with Crippen LogP contribution in [0, 0.1) is 16.7 Å². The van der Waals surface area contributed by atoms with E-state index in [1.54, 1.807) is 18.6 Å². The number of allylic oxidation sites excluding steroid dienone is 5. The normalized spacial score (nSPS) is 13.3. The van der Waals surface area contributed by atoms with Crippen molar-refractivity contribution in [1.29, 1.82) is 5.41 Å². The van der Waals surface area contributed by atoms with E-state index in [-0.39, 0.29) is 23.0 Å². The van der Waals surface area contributed by atoms with Crippen LogP contribution in [0.5, 0.6) is 0 Å². The molecule has 1 aromatic carbocycles. The second kappa shape index (κ2) is 11.6. The molecular formula is C33H37N5O2. The summed E-state index contributed by atoms with van der Waals surface area (Å²) in [5.41, 5.74) is 12.8. The molecule has 4 aromatic rings. The number of nitrogens with zero attached hydrogens (tertiary/aromatic N) is 1. The highest BCUT2D eigenvalue weighted by atomic mass is 16.3. The van der Waals surface area contributed by atoms with Gasteiger partial charge in [-0.3, -0.25) is 10.2 Å². The zero-order valence-electron chi connectivity index (χ0n) is 23.8. The molecule has 0 spiro atoms. The summed E-state index contributed by atoms with van der Waals surface area (Å²) < 4.78 is 5.28. The maximum atomic E-state index is 12.5. The molecule has 1 atom stereocenters. The van der Waals surface area contributed by atoms with Gasteiger partial charge >= 0.3 is 0 Å². The molecular weight excluding hydrogens is 498 g/mol. The fourth-order valence-corrected chi connectivity index (χ4v) is 4.49. The van der Waals surface area contributed by atoms with Crippen molar-refractivity contribution in [1.82, 2.24) is 15.3 Å². The van der Waals surface area contributed by atoms with Gasteiger partial charge in [0.05, 0.1) is 29.6 Å². The van der Waals surface area contributed by atoms with Gasteiger partial charge in [0.1, 0.15) is 11.4 Å². The van der Waals surface area contributed by atoms with E-state index in [1.807, 2.05) is 89.2 Å². The van der Waals surface area contributed by atoms with Crippen LogP contribution >= 0.6 is 0 Å². The number of anilines is 1. The number of pyridine rings is 1. The van der Waals surface area contributed by atoms with Crippen LogP contribution in [0.1, 0.15) is 58.1 Å². The lowest BCUT2D eigenvalue weighted by molar-refractivity contribution is -0.122. The summed E-state index contributed by atoms with van der Waals surface area (Å²) in [4.78, 5) is 20.7. The lowest BCUT2D eigenvalue weighted by Crippen LogP contribution is -2.26. The van der Waals surface area contributed by atoms with Gasteiger partial charge in [-0.25, -0.2) is 4.98 Å². The van der Waals surface area contributed by atoms with E-state index in [2.05, 4.69) is 16.9 Å². The van der Waals surface area contributed by atoms with E-state index in [0.717, 1.165) is 27.6 Å². The Hall–Kier alpha value is -4.65. The Kier molecular flexibility index (Phi) is 8.24. The van der Waals surface area contributed by atoms with Crippen LogP contribution in [0.4, 0.5) is 5.69 Å². The molecule has 40 heavy (non-hydrogen) atoms. The van der Waals surface area contributed by atoms with Crippen LogP contribution in [0.3, 0.4) is 0 Å². The number of benzene rings is 1. The number of nitrogens with two attached hydrogens (primary N) is 1. The van der Waals surface area contributed by atoms with Gasteiger partial charge < -0.3 is 20.5 Å². The number of hydrogen-bond acceptors (Lipinski definition) is 5. The summed E-state index contributed by atoms with van der Waals surface area (Å²) in [6.45, 7) is 13.9. The molecule has 0 aliphatic rings. The van der Waals surface area contributed by atoms with E-state index in [1.165, 1.54) is 0 Å². The molecule has 0 saturated heterocycles. The van der Waals surface area contributed by atoms with Crippen molar-refractivity contribution in [3.8, 4) is 11.1 Å². The summed E-state index contributed by atoms with van der Waals surface area (Å²) in [5.74, 6) is 0.0142. The van der Waals surface area contributed by atoms with Gasteiger partial charge in [-0.2, -0.15) is 0 Å². The van der Waals surface area contributed by atoms with Crippen LogP contribution < -0.4 is 11.1 Å². The molecule has 0 unspecified atom stereocenters. The van der Waals surface area contributed by atoms with E-state index in [9.17, 15) is 4.79 Å². The number of H-pyrrole nitrogens is 1. The number of aromatic amines is 1. The zero-order chi connectivity index (χ0) is 29.0. The minimum Gasteiger partial charge on any atom is -0.472 e. The van der Waals surface area contributed by atoms with Gasteiger partial charge in [-0.05, 0) is 65.8 Å². The standard InChI is InChI=1S/C33H37N5O2/c1-7-20(2)15-23(16-21(3)36-30(39)18-33(4,5)6)27-12-11-26(34)32(38-27)31(35)29-17-25-24(22-13-14-40-19-22)9-8-10-28(25)37-29/h7-17,19-20,35,37H,1,18,34H2,2-6H3,(H,36,39)/b21-16+,23-15+,35-31?/t20-/m0/s1. The Bertz CT molecular complexity index is 1610.